The summed E-state index contributed by atoms with van der Waals surface area (Å²) in [6.07, 6.45) is 2.72. The van der Waals surface area contributed by atoms with Gasteiger partial charge in [0.05, 0.1) is 13.7 Å². The van der Waals surface area contributed by atoms with Crippen LogP contribution >= 0.6 is 0 Å². The van der Waals surface area contributed by atoms with Gasteiger partial charge in [0, 0.05) is 13.2 Å². The standard InChI is InChI=1S/C13H21NO3/c1-16-12-6-5-11(10-14)9-13(12)17-8-4-2-3-7-15/h5-6,9,15H,2-4,7-8,10,14H2,1H3. The second-order valence-electron chi connectivity index (χ2n) is 3.82. The lowest BCUT2D eigenvalue weighted by Crippen LogP contribution is -2.02. The Bertz CT molecular complexity index is 328. The SMILES string of the molecule is COc1ccc(CN)cc1OCCCCCO. The van der Waals surface area contributed by atoms with Gasteiger partial charge in [-0.2, -0.15) is 0 Å². The molecule has 0 heterocycles. The summed E-state index contributed by atoms with van der Waals surface area (Å²) in [4.78, 5) is 0. The minimum atomic E-state index is 0.242. The van der Waals surface area contributed by atoms with E-state index in [4.69, 9.17) is 20.3 Å². The number of methoxy groups -OCH3 is 1. The minimum Gasteiger partial charge on any atom is -0.493 e. The second kappa shape index (κ2) is 7.92. The molecule has 0 aromatic heterocycles. The maximum atomic E-state index is 8.66. The van der Waals surface area contributed by atoms with Crippen molar-refractivity contribution in [2.75, 3.05) is 20.3 Å². The molecular formula is C13H21NO3. The Morgan fingerprint density at radius 2 is 2.00 bits per heavy atom. The van der Waals surface area contributed by atoms with E-state index in [9.17, 15) is 0 Å². The van der Waals surface area contributed by atoms with Crippen LogP contribution in [0.15, 0.2) is 18.2 Å². The Labute approximate surface area is 102 Å². The first-order valence-corrected chi connectivity index (χ1v) is 5.92. The third-order valence-corrected chi connectivity index (χ3v) is 2.52. The maximum absolute atomic E-state index is 8.66. The van der Waals surface area contributed by atoms with E-state index in [1.807, 2.05) is 18.2 Å². The summed E-state index contributed by atoms with van der Waals surface area (Å²) in [7, 11) is 1.62. The molecular weight excluding hydrogens is 218 g/mol. The molecule has 0 saturated carbocycles. The van der Waals surface area contributed by atoms with Crippen molar-refractivity contribution >= 4 is 0 Å². The molecule has 0 radical (unpaired) electrons. The smallest absolute Gasteiger partial charge is 0.161 e. The molecule has 1 aromatic carbocycles. The van der Waals surface area contributed by atoms with Gasteiger partial charge in [-0.25, -0.2) is 0 Å². The monoisotopic (exact) mass is 239 g/mol. The first-order valence-electron chi connectivity index (χ1n) is 5.92. The summed E-state index contributed by atoms with van der Waals surface area (Å²) >= 11 is 0. The Kier molecular flexibility index (Phi) is 6.43. The van der Waals surface area contributed by atoms with Crippen molar-refractivity contribution in [3.63, 3.8) is 0 Å². The van der Waals surface area contributed by atoms with E-state index in [1.165, 1.54) is 0 Å². The molecule has 0 unspecified atom stereocenters. The summed E-state index contributed by atoms with van der Waals surface area (Å²) < 4.78 is 10.9. The van der Waals surface area contributed by atoms with Crippen molar-refractivity contribution in [1.29, 1.82) is 0 Å². The summed E-state index contributed by atoms with van der Waals surface area (Å²) in [5.41, 5.74) is 6.60. The van der Waals surface area contributed by atoms with Crippen molar-refractivity contribution in [2.24, 2.45) is 5.73 Å². The Morgan fingerprint density at radius 3 is 2.65 bits per heavy atom. The molecule has 0 bridgehead atoms. The largest absolute Gasteiger partial charge is 0.493 e. The zero-order valence-corrected chi connectivity index (χ0v) is 10.3. The fourth-order valence-corrected chi connectivity index (χ4v) is 1.53. The molecule has 1 rings (SSSR count). The van der Waals surface area contributed by atoms with Crippen LogP contribution in [-0.4, -0.2) is 25.4 Å². The highest BCUT2D eigenvalue weighted by Crippen LogP contribution is 2.28. The minimum absolute atomic E-state index is 0.242. The second-order valence-corrected chi connectivity index (χ2v) is 3.82. The van der Waals surface area contributed by atoms with Crippen LogP contribution in [0.1, 0.15) is 24.8 Å². The van der Waals surface area contributed by atoms with E-state index in [2.05, 4.69) is 0 Å². The molecule has 1 aromatic rings. The summed E-state index contributed by atoms with van der Waals surface area (Å²) in [5, 5.41) is 8.66. The van der Waals surface area contributed by atoms with E-state index in [1.54, 1.807) is 7.11 Å². The van der Waals surface area contributed by atoms with Crippen LogP contribution in [0.3, 0.4) is 0 Å². The molecule has 0 fully saturated rings. The number of unbranched alkanes of at least 4 members (excludes halogenated alkanes) is 2. The van der Waals surface area contributed by atoms with Crippen molar-refractivity contribution in [3.05, 3.63) is 23.8 Å². The number of ether oxygens (including phenoxy) is 2. The molecule has 4 heteroatoms. The molecule has 4 nitrogen and oxygen atoms in total. The molecule has 0 aliphatic rings. The van der Waals surface area contributed by atoms with Crippen LogP contribution in [0, 0.1) is 0 Å². The van der Waals surface area contributed by atoms with Gasteiger partial charge in [0.25, 0.3) is 0 Å². The van der Waals surface area contributed by atoms with Crippen molar-refractivity contribution < 1.29 is 14.6 Å². The fourth-order valence-electron chi connectivity index (χ4n) is 1.53. The van der Waals surface area contributed by atoms with Crippen LogP contribution in [0.5, 0.6) is 11.5 Å². The predicted molar refractivity (Wildman–Crippen MR) is 67.3 cm³/mol. The fraction of sp³-hybridized carbons (Fsp3) is 0.538. The van der Waals surface area contributed by atoms with Gasteiger partial charge in [0.1, 0.15) is 0 Å². The van der Waals surface area contributed by atoms with E-state index in [0.717, 1.165) is 36.3 Å². The van der Waals surface area contributed by atoms with Gasteiger partial charge in [-0.3, -0.25) is 0 Å². The molecule has 0 aliphatic heterocycles. The van der Waals surface area contributed by atoms with Gasteiger partial charge in [-0.15, -0.1) is 0 Å². The molecule has 0 saturated heterocycles. The quantitative estimate of drug-likeness (QED) is 0.678. The Morgan fingerprint density at radius 1 is 1.18 bits per heavy atom. The molecule has 17 heavy (non-hydrogen) atoms. The van der Waals surface area contributed by atoms with Gasteiger partial charge in [0.2, 0.25) is 0 Å². The zero-order chi connectivity index (χ0) is 12.5. The number of hydrogen-bond donors (Lipinski definition) is 2. The van der Waals surface area contributed by atoms with E-state index < -0.39 is 0 Å². The van der Waals surface area contributed by atoms with Crippen LogP contribution in [0.25, 0.3) is 0 Å². The van der Waals surface area contributed by atoms with Crippen molar-refractivity contribution in [3.8, 4) is 11.5 Å². The van der Waals surface area contributed by atoms with E-state index in [-0.39, 0.29) is 6.61 Å². The summed E-state index contributed by atoms with van der Waals surface area (Å²) in [5.74, 6) is 1.46. The molecule has 0 amide bonds. The molecule has 0 atom stereocenters. The van der Waals surface area contributed by atoms with E-state index >= 15 is 0 Å². The van der Waals surface area contributed by atoms with Gasteiger partial charge >= 0.3 is 0 Å². The van der Waals surface area contributed by atoms with Gasteiger partial charge in [-0.1, -0.05) is 6.07 Å². The zero-order valence-electron chi connectivity index (χ0n) is 10.3. The highest BCUT2D eigenvalue weighted by Gasteiger charge is 2.04. The highest BCUT2D eigenvalue weighted by atomic mass is 16.5. The number of hydrogen-bond acceptors (Lipinski definition) is 4. The average molecular weight is 239 g/mol. The van der Waals surface area contributed by atoms with Crippen LogP contribution in [-0.2, 0) is 6.54 Å². The van der Waals surface area contributed by atoms with Crippen LogP contribution in [0.4, 0.5) is 0 Å². The van der Waals surface area contributed by atoms with Gasteiger partial charge < -0.3 is 20.3 Å². The molecule has 0 spiro atoms. The van der Waals surface area contributed by atoms with Crippen molar-refractivity contribution in [1.82, 2.24) is 0 Å². The third-order valence-electron chi connectivity index (χ3n) is 2.52. The first-order chi connectivity index (χ1) is 8.31. The number of aliphatic hydroxyl groups excluding tert-OH is 1. The average Bonchev–Trinajstić information content (AvgIpc) is 2.38. The third kappa shape index (κ3) is 4.63. The summed E-state index contributed by atoms with van der Waals surface area (Å²) in [6.45, 7) is 1.36. The predicted octanol–water partition coefficient (Wildman–Crippen LogP) is 1.70. The lowest BCUT2D eigenvalue weighted by Gasteiger charge is -2.11. The topological polar surface area (TPSA) is 64.7 Å². The number of benzene rings is 1. The van der Waals surface area contributed by atoms with Gasteiger partial charge in [-0.05, 0) is 37.0 Å². The molecule has 3 N–H and O–H groups in total. The Balaban J connectivity index is 2.49. The van der Waals surface area contributed by atoms with Crippen molar-refractivity contribution in [2.45, 2.75) is 25.8 Å². The van der Waals surface area contributed by atoms with Crippen LogP contribution < -0.4 is 15.2 Å². The first kappa shape index (κ1) is 13.8. The lowest BCUT2D eigenvalue weighted by atomic mass is 10.2. The number of rotatable bonds is 8. The normalized spacial score (nSPS) is 10.3. The summed E-state index contributed by atoms with van der Waals surface area (Å²) in [6, 6.07) is 5.70. The molecule has 0 aliphatic carbocycles. The van der Waals surface area contributed by atoms with Crippen LogP contribution in [0.2, 0.25) is 0 Å². The number of nitrogens with two attached hydrogens (primary N) is 1. The maximum Gasteiger partial charge on any atom is 0.161 e. The lowest BCUT2D eigenvalue weighted by molar-refractivity contribution is 0.260. The Hall–Kier alpha value is -1.26. The molecule has 96 valence electrons. The van der Waals surface area contributed by atoms with E-state index in [0.29, 0.717) is 13.2 Å². The highest BCUT2D eigenvalue weighted by molar-refractivity contribution is 5.42. The number of aliphatic hydroxyl groups is 1. The van der Waals surface area contributed by atoms with Gasteiger partial charge in [0.15, 0.2) is 11.5 Å².